The molecule has 180 valence electrons. The summed E-state index contributed by atoms with van der Waals surface area (Å²) < 4.78 is 7.11. The maximum atomic E-state index is 12.7. The third-order valence-electron chi connectivity index (χ3n) is 6.01. The van der Waals surface area contributed by atoms with Gasteiger partial charge in [-0.1, -0.05) is 12.8 Å². The van der Waals surface area contributed by atoms with E-state index in [9.17, 15) is 25.0 Å². The summed E-state index contributed by atoms with van der Waals surface area (Å²) in [5.41, 5.74) is 1.86. The first-order chi connectivity index (χ1) is 16.3. The number of amides is 1. The molecule has 1 aromatic heterocycles. The number of non-ortho nitro benzene ring substituents is 1. The van der Waals surface area contributed by atoms with Gasteiger partial charge in [-0.2, -0.15) is 5.26 Å². The highest BCUT2D eigenvalue weighted by Gasteiger charge is 2.27. The number of nitro benzene ring substituents is 1. The maximum absolute atomic E-state index is 12.7. The smallest absolute Gasteiger partial charge is 0.341 e. The molecule has 1 aromatic carbocycles. The molecule has 3 rings (SSSR count). The van der Waals surface area contributed by atoms with E-state index in [1.54, 1.807) is 0 Å². The van der Waals surface area contributed by atoms with Gasteiger partial charge >= 0.3 is 5.97 Å². The summed E-state index contributed by atoms with van der Waals surface area (Å²) in [6.45, 7) is 3.01. The Morgan fingerprint density at radius 1 is 1.32 bits per heavy atom. The van der Waals surface area contributed by atoms with Crippen molar-refractivity contribution in [1.29, 1.82) is 5.26 Å². The Balaban J connectivity index is 1.77. The van der Waals surface area contributed by atoms with Crippen molar-refractivity contribution >= 4 is 29.1 Å². The lowest BCUT2D eigenvalue weighted by molar-refractivity contribution is -0.384. The highest BCUT2D eigenvalue weighted by atomic mass is 16.6. The van der Waals surface area contributed by atoms with E-state index < -0.39 is 23.4 Å². The van der Waals surface area contributed by atoms with Crippen LogP contribution in [-0.2, 0) is 9.53 Å². The minimum Gasteiger partial charge on any atom is -0.452 e. The first-order valence-electron chi connectivity index (χ1n) is 11.0. The van der Waals surface area contributed by atoms with E-state index in [2.05, 4.69) is 16.7 Å². The van der Waals surface area contributed by atoms with Crippen LogP contribution in [0.4, 0.5) is 17.2 Å². The molecular weight excluding hydrogens is 442 g/mol. The molecule has 0 radical (unpaired) electrons. The molecular formula is C23H27N5O6. The van der Waals surface area contributed by atoms with E-state index in [-0.39, 0.29) is 36.1 Å². The monoisotopic (exact) mass is 469 g/mol. The van der Waals surface area contributed by atoms with E-state index in [1.807, 2.05) is 18.4 Å². The Bertz CT molecular complexity index is 1140. The van der Waals surface area contributed by atoms with Gasteiger partial charge in [-0.05, 0) is 38.3 Å². The predicted molar refractivity (Wildman–Crippen MR) is 124 cm³/mol. The van der Waals surface area contributed by atoms with Crippen LogP contribution in [0.3, 0.4) is 0 Å². The summed E-state index contributed by atoms with van der Waals surface area (Å²) >= 11 is 0. The molecule has 0 aliphatic heterocycles. The molecule has 0 spiro atoms. The van der Waals surface area contributed by atoms with Crippen LogP contribution in [0.15, 0.2) is 18.2 Å². The van der Waals surface area contributed by atoms with Crippen molar-refractivity contribution in [3.8, 4) is 6.07 Å². The number of nitrogens with one attached hydrogen (secondary N) is 2. The Labute approximate surface area is 196 Å². The third-order valence-corrected chi connectivity index (χ3v) is 6.01. The van der Waals surface area contributed by atoms with Crippen LogP contribution in [0.2, 0.25) is 0 Å². The molecule has 2 aromatic rings. The van der Waals surface area contributed by atoms with Gasteiger partial charge in [0.1, 0.15) is 11.9 Å². The van der Waals surface area contributed by atoms with Gasteiger partial charge < -0.3 is 25.0 Å². The Kier molecular flexibility index (Phi) is 7.86. The second-order valence-corrected chi connectivity index (χ2v) is 8.12. The van der Waals surface area contributed by atoms with Crippen molar-refractivity contribution in [3.05, 3.63) is 50.7 Å². The fourth-order valence-corrected chi connectivity index (χ4v) is 4.24. The zero-order valence-electron chi connectivity index (χ0n) is 19.1. The quantitative estimate of drug-likeness (QED) is 0.287. The molecule has 1 saturated carbocycles. The topological polar surface area (TPSA) is 160 Å². The predicted octanol–water partition coefficient (Wildman–Crippen LogP) is 3.20. The molecule has 0 atom stereocenters. The van der Waals surface area contributed by atoms with Crippen LogP contribution in [0.25, 0.3) is 0 Å². The number of nitro groups is 1. The summed E-state index contributed by atoms with van der Waals surface area (Å²) in [5, 5.41) is 35.3. The number of carbonyl (C=O) groups is 2. The van der Waals surface area contributed by atoms with E-state index in [0.29, 0.717) is 11.4 Å². The maximum Gasteiger partial charge on any atom is 0.341 e. The number of aliphatic hydroxyl groups is 1. The number of nitriles is 1. The normalized spacial score (nSPS) is 13.4. The minimum atomic E-state index is -0.932. The molecule has 1 fully saturated rings. The molecule has 0 unspecified atom stereocenters. The van der Waals surface area contributed by atoms with Crippen LogP contribution >= 0.6 is 0 Å². The molecule has 3 N–H and O–H groups in total. The van der Waals surface area contributed by atoms with Crippen LogP contribution in [0, 0.1) is 35.3 Å². The van der Waals surface area contributed by atoms with Crippen LogP contribution < -0.4 is 10.6 Å². The van der Waals surface area contributed by atoms with Crippen molar-refractivity contribution < 1.29 is 24.4 Å². The molecule has 11 heteroatoms. The standard InChI is InChI=1S/C23H27N5O6/c1-14-15(2)27(16-5-3-4-6-16)22(19(14)12-24)26-21(30)13-34-23(31)18-11-17(28(32)33)7-8-20(18)25-9-10-29/h7-8,11,16,25,29H,3-6,9-10,13H2,1-2H3,(H,26,30). The summed E-state index contributed by atoms with van der Waals surface area (Å²) in [6, 6.07) is 5.94. The number of esters is 1. The number of aromatic nitrogens is 1. The van der Waals surface area contributed by atoms with Gasteiger partial charge in [-0.15, -0.1) is 0 Å². The number of rotatable bonds is 9. The van der Waals surface area contributed by atoms with Crippen LogP contribution in [0.5, 0.6) is 0 Å². The molecule has 1 aliphatic carbocycles. The van der Waals surface area contributed by atoms with Gasteiger partial charge in [-0.25, -0.2) is 4.79 Å². The molecule has 1 heterocycles. The zero-order valence-corrected chi connectivity index (χ0v) is 19.1. The Hall–Kier alpha value is -3.91. The fourth-order valence-electron chi connectivity index (χ4n) is 4.24. The number of hydrogen-bond donors (Lipinski definition) is 3. The summed E-state index contributed by atoms with van der Waals surface area (Å²) in [6.07, 6.45) is 4.05. The summed E-state index contributed by atoms with van der Waals surface area (Å²) in [4.78, 5) is 35.8. The molecule has 1 aliphatic rings. The van der Waals surface area contributed by atoms with E-state index in [4.69, 9.17) is 9.84 Å². The van der Waals surface area contributed by atoms with Crippen molar-refractivity contribution in [2.45, 2.75) is 45.6 Å². The van der Waals surface area contributed by atoms with Crippen molar-refractivity contribution in [2.24, 2.45) is 0 Å². The third kappa shape index (κ3) is 5.18. The van der Waals surface area contributed by atoms with Gasteiger partial charge in [0, 0.05) is 36.1 Å². The number of hydrogen-bond acceptors (Lipinski definition) is 8. The van der Waals surface area contributed by atoms with E-state index >= 15 is 0 Å². The second-order valence-electron chi connectivity index (χ2n) is 8.12. The van der Waals surface area contributed by atoms with Crippen LogP contribution in [-0.4, -0.2) is 46.2 Å². The molecule has 1 amide bonds. The number of carbonyl (C=O) groups excluding carboxylic acids is 2. The highest BCUT2D eigenvalue weighted by Crippen LogP contribution is 2.37. The second kappa shape index (κ2) is 10.8. The van der Waals surface area contributed by atoms with Gasteiger partial charge in [-0.3, -0.25) is 14.9 Å². The molecule has 11 nitrogen and oxygen atoms in total. The first kappa shape index (κ1) is 24.7. The van der Waals surface area contributed by atoms with Gasteiger partial charge in [0.2, 0.25) is 0 Å². The average Bonchev–Trinajstić information content (AvgIpc) is 3.42. The van der Waals surface area contributed by atoms with Gasteiger partial charge in [0.15, 0.2) is 6.61 Å². The lowest BCUT2D eigenvalue weighted by atomic mass is 10.1. The first-order valence-corrected chi connectivity index (χ1v) is 11.0. The lowest BCUT2D eigenvalue weighted by Gasteiger charge is -2.19. The molecule has 0 bridgehead atoms. The van der Waals surface area contributed by atoms with Crippen molar-refractivity contribution in [3.63, 3.8) is 0 Å². The van der Waals surface area contributed by atoms with Gasteiger partial charge in [0.25, 0.3) is 11.6 Å². The largest absolute Gasteiger partial charge is 0.452 e. The fraction of sp³-hybridized carbons (Fsp3) is 0.435. The number of aliphatic hydroxyl groups excluding tert-OH is 1. The van der Waals surface area contributed by atoms with Crippen LogP contribution in [0.1, 0.15) is 58.9 Å². The lowest BCUT2D eigenvalue weighted by Crippen LogP contribution is -2.24. The molecule has 0 saturated heterocycles. The molecule has 34 heavy (non-hydrogen) atoms. The zero-order chi connectivity index (χ0) is 24.8. The van der Waals surface area contributed by atoms with E-state index in [1.165, 1.54) is 12.1 Å². The summed E-state index contributed by atoms with van der Waals surface area (Å²) in [5.74, 6) is -1.17. The number of anilines is 2. The Morgan fingerprint density at radius 2 is 2.03 bits per heavy atom. The average molecular weight is 469 g/mol. The number of nitrogens with zero attached hydrogens (tertiary/aromatic N) is 3. The highest BCUT2D eigenvalue weighted by molar-refractivity contribution is 5.99. The summed E-state index contributed by atoms with van der Waals surface area (Å²) in [7, 11) is 0. The number of ether oxygens (including phenoxy) is 1. The number of benzene rings is 1. The SMILES string of the molecule is Cc1c(C#N)c(NC(=O)COC(=O)c2cc([N+](=O)[O-])ccc2NCCO)n(C2CCCC2)c1C. The van der Waals surface area contributed by atoms with Crippen molar-refractivity contribution in [1.82, 2.24) is 4.57 Å². The Morgan fingerprint density at radius 3 is 2.65 bits per heavy atom. The van der Waals surface area contributed by atoms with E-state index in [0.717, 1.165) is 43.0 Å². The van der Waals surface area contributed by atoms with Crippen molar-refractivity contribution in [2.75, 3.05) is 30.4 Å². The van der Waals surface area contributed by atoms with Gasteiger partial charge in [0.05, 0.1) is 22.7 Å². The minimum absolute atomic E-state index is 0.117.